The molecule has 0 unspecified atom stereocenters. The first kappa shape index (κ1) is 88.4. The summed E-state index contributed by atoms with van der Waals surface area (Å²) in [5, 5.41) is 66.3. The molecule has 6 N–H and O–H groups in total. The summed E-state index contributed by atoms with van der Waals surface area (Å²) in [6.45, 7) is 26.9. The number of hydrogen-bond donors (Lipinski definition) is 6. The highest BCUT2D eigenvalue weighted by atomic mass is 35.5. The van der Waals surface area contributed by atoms with E-state index in [2.05, 4.69) is 129 Å². The molecule has 20 rings (SSSR count). The van der Waals surface area contributed by atoms with Crippen LogP contribution in [0.4, 0.5) is 43.2 Å². The predicted octanol–water partition coefficient (Wildman–Crippen LogP) is 12.1. The average molecular weight is 1840 g/mol. The number of alkyl halides is 3. The maximum absolute atomic E-state index is 13.4. The number of rotatable bonds is 27. The molecule has 16 heterocycles. The summed E-state index contributed by atoms with van der Waals surface area (Å²) in [4.78, 5) is 38.0. The fraction of sp³-hybridized carbons (Fsp3) is 0.395. The Kier molecular flexibility index (Phi) is 30.7. The molecule has 125 heavy (non-hydrogen) atoms. The van der Waals surface area contributed by atoms with E-state index in [-0.39, 0.29) is 17.4 Å². The van der Waals surface area contributed by atoms with E-state index in [0.717, 1.165) is 282 Å². The number of benzene rings is 4. The minimum atomic E-state index is -4.73. The smallest absolute Gasteiger partial charge is 0.406 e. The lowest BCUT2D eigenvalue weighted by Crippen LogP contribution is -2.39. The number of halogens is 5. The maximum atomic E-state index is 13.4. The van der Waals surface area contributed by atoms with Crippen molar-refractivity contribution < 1.29 is 51.1 Å². The van der Waals surface area contributed by atoms with E-state index >= 15 is 0 Å². The number of aliphatic hydroxyl groups is 1. The molecular weight excluding hydrogens is 1750 g/mol. The third-order valence-electron chi connectivity index (χ3n) is 20.6. The van der Waals surface area contributed by atoms with Gasteiger partial charge in [0.25, 0.3) is 0 Å². The Morgan fingerprint density at radius 3 is 1.05 bits per heavy atom. The van der Waals surface area contributed by atoms with Gasteiger partial charge >= 0.3 is 6.36 Å². The second kappa shape index (κ2) is 43.4. The maximum Gasteiger partial charge on any atom is 0.573 e. The van der Waals surface area contributed by atoms with Crippen LogP contribution in [0.15, 0.2) is 139 Å². The first-order valence-corrected chi connectivity index (χ1v) is 46.1. The molecule has 0 amide bonds. The first-order valence-electron chi connectivity index (χ1n) is 40.7. The number of thiophene rings is 1. The van der Waals surface area contributed by atoms with Crippen LogP contribution in [0.2, 0.25) is 5.02 Å². The van der Waals surface area contributed by atoms with Crippen LogP contribution in [-0.4, -0.2) is 306 Å². The topological polar surface area (TPSA) is 327 Å². The number of anilines is 5. The molecule has 33 nitrogen and oxygen atoms in total. The number of ether oxygens (including phenoxy) is 6. The number of nitrogens with zero attached hydrogens (tertiary/aromatic N) is 21. The number of aromatic nitrogens is 15. The molecule has 0 radical (unpaired) electrons. The van der Waals surface area contributed by atoms with E-state index < -0.39 is 12.2 Å². The fourth-order valence-corrected chi connectivity index (χ4v) is 18.8. The van der Waals surface area contributed by atoms with Gasteiger partial charge in [0.15, 0.2) is 0 Å². The number of aliphatic hydroxyl groups excluding tert-OH is 1. The van der Waals surface area contributed by atoms with Gasteiger partial charge in [-0.15, -0.1) is 38.7 Å². The Morgan fingerprint density at radius 2 is 0.736 bits per heavy atom. The molecule has 0 atom stereocenters. The van der Waals surface area contributed by atoms with Crippen LogP contribution in [0.3, 0.4) is 0 Å². The molecule has 0 saturated carbocycles. The lowest BCUT2D eigenvalue weighted by molar-refractivity contribution is -0.274. The summed E-state index contributed by atoms with van der Waals surface area (Å²) >= 11 is 15.1. The Labute approximate surface area is 744 Å². The molecule has 15 aromatic rings. The SMILES string of the molecule is FC(F)(F)Oc1cccc(-c2cnc3sc(NCCN4CCOCC4)nn23)c1.Fc1ccc(-c2cnc3sc(NCCN4CCOCC4)nn23)cc1Cl.N#Cc1ccc(-c2cnc3sc(NCCN4CCOCC4)nn23)cc1.OCc1ccc(-c2cnc3sc(NCCN4CCOCC4)nn23)cc1.c1cc(-c2cnc3sc(NCCN4CCOCC4)nn23)cs1. The van der Waals surface area contributed by atoms with E-state index in [1.54, 1.807) is 85.0 Å². The lowest BCUT2D eigenvalue weighted by atomic mass is 10.1. The summed E-state index contributed by atoms with van der Waals surface area (Å²) in [5.41, 5.74) is 10.4. The van der Waals surface area contributed by atoms with Crippen molar-refractivity contribution in [1.82, 2.24) is 97.5 Å². The second-order valence-electron chi connectivity index (χ2n) is 28.9. The average Bonchev–Trinajstić information content (AvgIpc) is 1.67. The van der Waals surface area contributed by atoms with Crippen molar-refractivity contribution in [2.24, 2.45) is 0 Å². The number of imidazole rings is 5. The molecule has 5 aliphatic heterocycles. The number of morpholine rings is 5. The lowest BCUT2D eigenvalue weighted by Gasteiger charge is -2.26. The largest absolute Gasteiger partial charge is 0.573 e. The third kappa shape index (κ3) is 24.0. The van der Waals surface area contributed by atoms with Gasteiger partial charge in [-0.1, -0.05) is 117 Å². The summed E-state index contributed by atoms with van der Waals surface area (Å²) in [7, 11) is 0. The molecule has 5 saturated heterocycles. The van der Waals surface area contributed by atoms with Crippen molar-refractivity contribution in [1.29, 1.82) is 5.26 Å². The van der Waals surface area contributed by atoms with Gasteiger partial charge in [-0.2, -0.15) is 16.6 Å². The van der Waals surface area contributed by atoms with Gasteiger partial charge in [0, 0.05) is 164 Å². The molecule has 0 spiro atoms. The Bertz CT molecular complexity index is 5920. The predicted molar refractivity (Wildman–Crippen MR) is 480 cm³/mol. The molecule has 0 bridgehead atoms. The van der Waals surface area contributed by atoms with Crippen LogP contribution in [0, 0.1) is 17.1 Å². The van der Waals surface area contributed by atoms with Crippen molar-refractivity contribution in [3.05, 3.63) is 161 Å². The molecule has 5 fully saturated rings. The van der Waals surface area contributed by atoms with Gasteiger partial charge in [-0.25, -0.2) is 51.9 Å². The van der Waals surface area contributed by atoms with Gasteiger partial charge in [0.05, 0.1) is 149 Å². The number of nitriles is 1. The Morgan fingerprint density at radius 1 is 0.416 bits per heavy atom. The molecule has 5 aliphatic rings. The van der Waals surface area contributed by atoms with Gasteiger partial charge in [0.1, 0.15) is 11.6 Å². The molecule has 658 valence electrons. The normalized spacial score (nSPS) is 15.8. The van der Waals surface area contributed by atoms with Gasteiger partial charge < -0.3 is 60.1 Å². The third-order valence-corrected chi connectivity index (χ3v) is 26.0. The van der Waals surface area contributed by atoms with E-state index in [9.17, 15) is 17.6 Å². The highest BCUT2D eigenvalue weighted by Crippen LogP contribution is 2.35. The molecule has 4 aromatic carbocycles. The zero-order chi connectivity index (χ0) is 85.7. The van der Waals surface area contributed by atoms with E-state index in [1.165, 1.54) is 52.5 Å². The summed E-state index contributed by atoms with van der Waals surface area (Å²) in [5.74, 6) is -0.714. The first-order chi connectivity index (χ1) is 61.2. The van der Waals surface area contributed by atoms with Gasteiger partial charge in [0.2, 0.25) is 50.5 Å². The van der Waals surface area contributed by atoms with Crippen molar-refractivity contribution in [3.8, 4) is 68.1 Å². The van der Waals surface area contributed by atoms with Crippen LogP contribution in [0.1, 0.15) is 11.1 Å². The van der Waals surface area contributed by atoms with Crippen molar-refractivity contribution >= 4 is 130 Å². The van der Waals surface area contributed by atoms with Crippen LogP contribution < -0.4 is 31.3 Å². The highest BCUT2D eigenvalue weighted by molar-refractivity contribution is 7.21. The molecule has 0 aliphatic carbocycles. The van der Waals surface area contributed by atoms with E-state index in [1.807, 2.05) is 80.7 Å². The fourth-order valence-electron chi connectivity index (χ4n) is 13.9. The standard InChI is InChI=1S/C17H18F3N5O2S.C17H18N6OS.C17H21N5O2S.C16H17ClFN5OS.C14H17N5OS2/c18-17(19,20)27-13-3-1-2-12(10-13)14-11-22-16-25(14)23-15(28-16)21-4-5-24-6-8-26-9-7-24;18-11-13-1-3-14(4-2-13)15-12-20-17-23(15)21-16(25-17)19-5-6-22-7-9-24-10-8-22;23-12-13-1-3-14(4-2-13)15-11-19-17-22(15)20-16(25-17)18-5-6-21-7-9-24-10-8-21;17-12-9-11(1-2-13(12)18)14-10-20-16-23(14)21-15(25-16)19-3-4-22-5-7-24-8-6-22;1-8-21-10-11(1)12-9-16-14-19(12)17-13(22-14)15-2-3-18-4-6-20-7-5-18/h1-3,10-11H,4-9H2,(H,21,23);1-4,12H,5-10H2,(H,19,21);1-4,11,23H,5-10,12H2,(H,18,20);1-2,9-10H,3-8H2,(H,19,21);1,8-10H,2-7H2,(H,15,17). The number of nitrogens with one attached hydrogen (secondary N) is 5. The van der Waals surface area contributed by atoms with Crippen molar-refractivity contribution in [2.75, 3.05) is 224 Å². The van der Waals surface area contributed by atoms with Crippen molar-refractivity contribution in [3.63, 3.8) is 0 Å². The van der Waals surface area contributed by atoms with E-state index in [4.69, 9.17) is 45.7 Å². The van der Waals surface area contributed by atoms with Crippen LogP contribution >= 0.6 is 79.6 Å². The Balaban J connectivity index is 0.000000115. The second-order valence-corrected chi connectivity index (χ2v) is 34.9. The van der Waals surface area contributed by atoms with Gasteiger partial charge in [-0.3, -0.25) is 24.5 Å². The van der Waals surface area contributed by atoms with E-state index in [0.29, 0.717) is 26.9 Å². The van der Waals surface area contributed by atoms with Crippen LogP contribution in [0.5, 0.6) is 5.75 Å². The summed E-state index contributed by atoms with van der Waals surface area (Å²) in [6, 6.07) is 29.9. The number of hydrogen-bond acceptors (Lipinski definition) is 34. The Hall–Kier alpha value is -10.1. The molecule has 44 heteroatoms. The summed E-state index contributed by atoms with van der Waals surface area (Å²) in [6.07, 6.45) is 4.12. The van der Waals surface area contributed by atoms with Gasteiger partial charge in [-0.05, 0) is 59.5 Å². The monoisotopic (exact) mass is 1840 g/mol. The van der Waals surface area contributed by atoms with Crippen LogP contribution in [-0.2, 0) is 30.3 Å². The minimum Gasteiger partial charge on any atom is -0.406 e. The van der Waals surface area contributed by atoms with Crippen LogP contribution in [0.25, 0.3) is 81.1 Å². The quantitative estimate of drug-likeness (QED) is 0.0261. The summed E-state index contributed by atoms with van der Waals surface area (Å²) < 4.78 is 90.5. The molecular formula is C81H91ClF4N26O7S6. The zero-order valence-corrected chi connectivity index (χ0v) is 73.5. The zero-order valence-electron chi connectivity index (χ0n) is 67.8. The highest BCUT2D eigenvalue weighted by Gasteiger charge is 2.32. The minimum absolute atomic E-state index is 0.0516. The molecule has 11 aromatic heterocycles. The number of fused-ring (bicyclic) bond motifs is 5. The van der Waals surface area contributed by atoms with Crippen molar-refractivity contribution in [2.45, 2.75) is 13.0 Å².